The van der Waals surface area contributed by atoms with Crippen LogP contribution in [0.4, 0.5) is 17.6 Å². The van der Waals surface area contributed by atoms with E-state index in [1.165, 1.54) is 7.28 Å². The van der Waals surface area contributed by atoms with E-state index in [2.05, 4.69) is 0 Å². The fourth-order valence-electron chi connectivity index (χ4n) is 1.51. The lowest BCUT2D eigenvalue weighted by molar-refractivity contribution is 0.585. The summed E-state index contributed by atoms with van der Waals surface area (Å²) in [6, 6.07) is 5.75. The second-order valence-electron chi connectivity index (χ2n) is 3.55. The molecular formula is C12H6BF4. The van der Waals surface area contributed by atoms with Crippen LogP contribution in [0.2, 0.25) is 0 Å². The first-order valence-electron chi connectivity index (χ1n) is 4.80. The van der Waals surface area contributed by atoms with Crippen molar-refractivity contribution in [2.24, 2.45) is 0 Å². The van der Waals surface area contributed by atoms with Gasteiger partial charge in [0.25, 0.3) is 0 Å². The lowest BCUT2D eigenvalue weighted by Gasteiger charge is -2.02. The number of rotatable bonds is 2. The summed E-state index contributed by atoms with van der Waals surface area (Å²) in [5.41, 5.74) is 0.403. The van der Waals surface area contributed by atoms with Crippen molar-refractivity contribution < 1.29 is 17.6 Å². The van der Waals surface area contributed by atoms with Gasteiger partial charge in [0, 0.05) is 12.1 Å². The molecule has 2 rings (SSSR count). The van der Waals surface area contributed by atoms with Gasteiger partial charge in [-0.05, 0) is 24.3 Å². The summed E-state index contributed by atoms with van der Waals surface area (Å²) in [6.07, 6.45) is 0. The Labute approximate surface area is 96.1 Å². The van der Waals surface area contributed by atoms with E-state index in [0.717, 1.165) is 36.4 Å². The highest BCUT2D eigenvalue weighted by Gasteiger charge is 2.06. The predicted molar refractivity (Wildman–Crippen MR) is 57.7 cm³/mol. The van der Waals surface area contributed by atoms with Crippen molar-refractivity contribution in [3.8, 4) is 0 Å². The van der Waals surface area contributed by atoms with Gasteiger partial charge in [-0.15, -0.1) is 0 Å². The van der Waals surface area contributed by atoms with E-state index in [9.17, 15) is 17.6 Å². The van der Waals surface area contributed by atoms with Gasteiger partial charge in [-0.1, -0.05) is 10.9 Å². The number of halogens is 4. The molecule has 85 valence electrons. The van der Waals surface area contributed by atoms with Gasteiger partial charge >= 0.3 is 0 Å². The molecule has 0 bridgehead atoms. The molecule has 0 aliphatic rings. The summed E-state index contributed by atoms with van der Waals surface area (Å²) < 4.78 is 51.5. The lowest BCUT2D eigenvalue weighted by atomic mass is 9.64. The van der Waals surface area contributed by atoms with Gasteiger partial charge in [0.15, 0.2) is 7.28 Å². The van der Waals surface area contributed by atoms with Crippen molar-refractivity contribution in [2.75, 3.05) is 0 Å². The first-order chi connectivity index (χ1) is 8.02. The van der Waals surface area contributed by atoms with E-state index >= 15 is 0 Å². The molecule has 0 saturated heterocycles. The summed E-state index contributed by atoms with van der Waals surface area (Å²) in [5, 5.41) is 0. The van der Waals surface area contributed by atoms with Crippen molar-refractivity contribution in [2.45, 2.75) is 0 Å². The van der Waals surface area contributed by atoms with Gasteiger partial charge in [-0.25, -0.2) is 17.6 Å². The highest BCUT2D eigenvalue weighted by molar-refractivity contribution is 6.67. The maximum atomic E-state index is 12.9. The molecule has 5 heteroatoms. The van der Waals surface area contributed by atoms with E-state index in [0.29, 0.717) is 0 Å². The monoisotopic (exact) mass is 237 g/mol. The Kier molecular flexibility index (Phi) is 3.18. The summed E-state index contributed by atoms with van der Waals surface area (Å²) >= 11 is 0. The summed E-state index contributed by atoms with van der Waals surface area (Å²) in [5.74, 6) is -2.97. The van der Waals surface area contributed by atoms with Crippen LogP contribution in [0, 0.1) is 23.3 Å². The molecule has 0 N–H and O–H groups in total. The fraction of sp³-hybridized carbons (Fsp3) is 0. The molecule has 0 unspecified atom stereocenters. The van der Waals surface area contributed by atoms with Crippen LogP contribution in [0.5, 0.6) is 0 Å². The largest absolute Gasteiger partial charge is 0.207 e. The molecule has 0 saturated carbocycles. The fourth-order valence-corrected chi connectivity index (χ4v) is 1.51. The molecule has 17 heavy (non-hydrogen) atoms. The average Bonchev–Trinajstić information content (AvgIpc) is 2.13. The third-order valence-corrected chi connectivity index (χ3v) is 2.10. The Balaban J connectivity index is 2.31. The standard InChI is InChI=1S/C12H6BF4/c14-9-1-7(2-10(15)5-9)13-8-3-11(16)6-12(17)4-8/h1-6H. The summed E-state index contributed by atoms with van der Waals surface area (Å²) in [4.78, 5) is 0. The van der Waals surface area contributed by atoms with E-state index in [1.54, 1.807) is 0 Å². The van der Waals surface area contributed by atoms with Gasteiger partial charge in [0.05, 0.1) is 0 Å². The maximum absolute atomic E-state index is 12.9. The normalized spacial score (nSPS) is 10.4. The molecule has 2 aromatic rings. The van der Waals surface area contributed by atoms with E-state index in [4.69, 9.17) is 0 Å². The number of benzene rings is 2. The predicted octanol–water partition coefficient (Wildman–Crippen LogP) is 1.90. The van der Waals surface area contributed by atoms with Crippen molar-refractivity contribution in [3.05, 3.63) is 59.7 Å². The summed E-state index contributed by atoms with van der Waals surface area (Å²) in [7, 11) is 1.29. The molecule has 0 amide bonds. The van der Waals surface area contributed by atoms with E-state index in [-0.39, 0.29) is 10.9 Å². The first kappa shape index (κ1) is 11.7. The quantitative estimate of drug-likeness (QED) is 0.552. The van der Waals surface area contributed by atoms with Crippen LogP contribution in [0.1, 0.15) is 0 Å². The Morgan fingerprint density at radius 3 is 1.12 bits per heavy atom. The molecule has 0 aliphatic carbocycles. The minimum Gasteiger partial charge on any atom is -0.207 e. The van der Waals surface area contributed by atoms with Gasteiger partial charge in [-0.3, -0.25) is 0 Å². The minimum atomic E-state index is -0.742. The van der Waals surface area contributed by atoms with Gasteiger partial charge < -0.3 is 0 Å². The Bertz CT molecular complexity index is 464. The molecule has 0 heterocycles. The maximum Gasteiger partial charge on any atom is 0.191 e. The van der Waals surface area contributed by atoms with Crippen LogP contribution < -0.4 is 10.9 Å². The third kappa shape index (κ3) is 3.09. The van der Waals surface area contributed by atoms with Gasteiger partial charge in [0.1, 0.15) is 23.3 Å². The Hall–Kier alpha value is -1.78. The van der Waals surface area contributed by atoms with Crippen LogP contribution in [0.3, 0.4) is 0 Å². The van der Waals surface area contributed by atoms with Crippen LogP contribution in [-0.4, -0.2) is 7.28 Å². The SMILES string of the molecule is Fc1cc(F)cc([B]c2cc(F)cc(F)c2)c1. The first-order valence-corrected chi connectivity index (χ1v) is 4.80. The van der Waals surface area contributed by atoms with Crippen LogP contribution >= 0.6 is 0 Å². The average molecular weight is 237 g/mol. The van der Waals surface area contributed by atoms with E-state index < -0.39 is 23.3 Å². The number of hydrogen-bond acceptors (Lipinski definition) is 0. The van der Waals surface area contributed by atoms with E-state index in [1.807, 2.05) is 0 Å². The zero-order valence-corrected chi connectivity index (χ0v) is 8.55. The molecule has 0 spiro atoms. The number of hydrogen-bond donors (Lipinski definition) is 0. The van der Waals surface area contributed by atoms with Crippen LogP contribution in [0.25, 0.3) is 0 Å². The molecule has 0 aliphatic heterocycles. The molecule has 2 aromatic carbocycles. The molecular weight excluding hydrogens is 231 g/mol. The smallest absolute Gasteiger partial charge is 0.191 e. The summed E-state index contributed by atoms with van der Waals surface area (Å²) in [6.45, 7) is 0. The topological polar surface area (TPSA) is 0 Å². The molecule has 1 radical (unpaired) electrons. The molecule has 0 atom stereocenters. The highest BCUT2D eigenvalue weighted by atomic mass is 19.1. The third-order valence-electron chi connectivity index (χ3n) is 2.10. The van der Waals surface area contributed by atoms with Crippen LogP contribution in [0.15, 0.2) is 36.4 Å². The zero-order chi connectivity index (χ0) is 12.4. The van der Waals surface area contributed by atoms with Crippen molar-refractivity contribution in [1.82, 2.24) is 0 Å². The Morgan fingerprint density at radius 2 is 0.824 bits per heavy atom. The zero-order valence-electron chi connectivity index (χ0n) is 8.55. The van der Waals surface area contributed by atoms with Crippen molar-refractivity contribution in [1.29, 1.82) is 0 Å². The highest BCUT2D eigenvalue weighted by Crippen LogP contribution is 2.01. The van der Waals surface area contributed by atoms with Crippen molar-refractivity contribution in [3.63, 3.8) is 0 Å². The second kappa shape index (κ2) is 4.61. The van der Waals surface area contributed by atoms with Gasteiger partial charge in [-0.2, -0.15) is 0 Å². The minimum absolute atomic E-state index is 0.201. The lowest BCUT2D eigenvalue weighted by Crippen LogP contribution is -2.28. The molecule has 0 aromatic heterocycles. The van der Waals surface area contributed by atoms with Crippen molar-refractivity contribution >= 4 is 18.2 Å². The molecule has 0 fully saturated rings. The second-order valence-corrected chi connectivity index (χ2v) is 3.55. The van der Waals surface area contributed by atoms with Gasteiger partial charge in [0.2, 0.25) is 0 Å². The molecule has 0 nitrogen and oxygen atoms in total. The van der Waals surface area contributed by atoms with Crippen LogP contribution in [-0.2, 0) is 0 Å². The Morgan fingerprint density at radius 1 is 0.529 bits per heavy atom.